The van der Waals surface area contributed by atoms with E-state index in [1.54, 1.807) is 31.0 Å². The molecule has 1 fully saturated rings. The second kappa shape index (κ2) is 10.9. The predicted molar refractivity (Wildman–Crippen MR) is 127 cm³/mol. The number of aliphatic hydroxyl groups is 1. The van der Waals surface area contributed by atoms with E-state index in [-0.39, 0.29) is 35.6 Å². The largest absolute Gasteiger partial charge is 0.487 e. The van der Waals surface area contributed by atoms with Crippen molar-refractivity contribution in [1.29, 1.82) is 0 Å². The van der Waals surface area contributed by atoms with Crippen LogP contribution in [0.4, 0.5) is 0 Å². The Bertz CT molecular complexity index is 1010. The molecule has 0 radical (unpaired) electrons. The van der Waals surface area contributed by atoms with Gasteiger partial charge in [0.15, 0.2) is 0 Å². The van der Waals surface area contributed by atoms with E-state index in [1.165, 1.54) is 10.4 Å². The molecule has 1 heterocycles. The van der Waals surface area contributed by atoms with Crippen molar-refractivity contribution in [2.75, 3.05) is 26.7 Å². The Hall–Kier alpha value is -2.08. The van der Waals surface area contributed by atoms with Crippen LogP contribution in [-0.2, 0) is 14.8 Å². The zero-order valence-corrected chi connectivity index (χ0v) is 20.9. The molecule has 1 N–H and O–H groups in total. The minimum atomic E-state index is -3.89. The molecule has 0 bridgehead atoms. The Morgan fingerprint density at radius 3 is 2.73 bits per heavy atom. The number of fused-ring (bicyclic) bond motifs is 1. The van der Waals surface area contributed by atoms with Crippen LogP contribution in [0.2, 0.25) is 0 Å². The van der Waals surface area contributed by atoms with Gasteiger partial charge >= 0.3 is 0 Å². The van der Waals surface area contributed by atoms with Crippen molar-refractivity contribution in [3.63, 3.8) is 0 Å². The molecule has 2 aliphatic rings. The van der Waals surface area contributed by atoms with E-state index in [0.717, 1.165) is 25.7 Å². The highest BCUT2D eigenvalue weighted by Gasteiger charge is 2.38. The number of carbonyl (C=O) groups excluding carboxylic acids is 1. The summed E-state index contributed by atoms with van der Waals surface area (Å²) in [5.41, 5.74) is 0.685. The first-order valence-electron chi connectivity index (χ1n) is 11.8. The molecule has 1 amide bonds. The van der Waals surface area contributed by atoms with Crippen molar-refractivity contribution in [1.82, 2.24) is 9.21 Å². The lowest BCUT2D eigenvalue weighted by molar-refractivity contribution is -0.131. The summed E-state index contributed by atoms with van der Waals surface area (Å²) in [5.74, 6) is 6.78. The van der Waals surface area contributed by atoms with Crippen LogP contribution in [0.1, 0.15) is 58.4 Å². The van der Waals surface area contributed by atoms with Crippen LogP contribution in [0.5, 0.6) is 5.75 Å². The van der Waals surface area contributed by atoms with Gasteiger partial charge in [0, 0.05) is 44.0 Å². The fraction of sp³-hybridized carbons (Fsp3) is 0.640. The summed E-state index contributed by atoms with van der Waals surface area (Å²) >= 11 is 0. The maximum absolute atomic E-state index is 13.5. The standard InChI is InChI=1S/C25H36N2O5S/c1-5-6-7-8-20-11-12-24-22(13-20)32-23(16-26(4)25(29)14-21-9-10-21)18(2)15-27(19(3)17-28)33(24,30)31/h11-13,18-19,21,23,28H,5-6,9-10,14-17H2,1-4H3/t18-,19-,23+/m1/s1. The number of hydrogen-bond donors (Lipinski definition) is 1. The van der Waals surface area contributed by atoms with Crippen LogP contribution < -0.4 is 4.74 Å². The third kappa shape index (κ3) is 6.28. The van der Waals surface area contributed by atoms with Crippen molar-refractivity contribution in [2.24, 2.45) is 11.8 Å². The minimum absolute atomic E-state index is 0.0627. The summed E-state index contributed by atoms with van der Waals surface area (Å²) in [6, 6.07) is 4.32. The fourth-order valence-electron chi connectivity index (χ4n) is 3.91. The smallest absolute Gasteiger partial charge is 0.247 e. The second-order valence-corrected chi connectivity index (χ2v) is 11.2. The monoisotopic (exact) mass is 476 g/mol. The molecule has 1 aliphatic heterocycles. The molecule has 0 spiro atoms. The van der Waals surface area contributed by atoms with Crippen molar-refractivity contribution < 1.29 is 23.1 Å². The summed E-state index contributed by atoms with van der Waals surface area (Å²) in [6.07, 6.45) is 4.06. The number of likely N-dealkylation sites (N-methyl/N-ethyl adjacent to an activating group) is 1. The number of nitrogens with zero attached hydrogens (tertiary/aromatic N) is 2. The number of rotatable bonds is 7. The molecular formula is C25H36N2O5S. The number of amides is 1. The first-order valence-corrected chi connectivity index (χ1v) is 13.3. The molecule has 0 aromatic heterocycles. The number of unbranched alkanes of at least 4 members (excludes halogenated alkanes) is 1. The van der Waals surface area contributed by atoms with Gasteiger partial charge in [-0.05, 0) is 50.3 Å². The van der Waals surface area contributed by atoms with Gasteiger partial charge in [-0.25, -0.2) is 8.42 Å². The highest BCUT2D eigenvalue weighted by atomic mass is 32.2. The Balaban J connectivity index is 1.97. The van der Waals surface area contributed by atoms with Gasteiger partial charge in [0.1, 0.15) is 16.7 Å². The molecule has 1 aliphatic carbocycles. The Labute approximate surface area is 198 Å². The first kappa shape index (κ1) is 25.5. The average molecular weight is 477 g/mol. The van der Waals surface area contributed by atoms with Gasteiger partial charge in [-0.15, -0.1) is 0 Å². The van der Waals surface area contributed by atoms with Crippen LogP contribution in [0, 0.1) is 23.7 Å². The maximum atomic E-state index is 13.5. The van der Waals surface area contributed by atoms with Gasteiger partial charge in [0.25, 0.3) is 0 Å². The number of carbonyl (C=O) groups is 1. The number of aliphatic hydroxyl groups excluding tert-OH is 1. The molecule has 3 atom stereocenters. The molecule has 8 heteroatoms. The van der Waals surface area contributed by atoms with Gasteiger partial charge in [0.2, 0.25) is 15.9 Å². The van der Waals surface area contributed by atoms with Gasteiger partial charge in [0.05, 0.1) is 13.2 Å². The van der Waals surface area contributed by atoms with E-state index in [0.29, 0.717) is 24.4 Å². The lowest BCUT2D eigenvalue weighted by atomic mass is 10.0. The van der Waals surface area contributed by atoms with Crippen molar-refractivity contribution in [3.05, 3.63) is 23.8 Å². The van der Waals surface area contributed by atoms with E-state index in [4.69, 9.17) is 4.74 Å². The third-order valence-electron chi connectivity index (χ3n) is 6.31. The molecule has 3 rings (SSSR count). The minimum Gasteiger partial charge on any atom is -0.487 e. The zero-order chi connectivity index (χ0) is 24.2. The molecule has 33 heavy (non-hydrogen) atoms. The Kier molecular flexibility index (Phi) is 8.43. The molecule has 0 saturated heterocycles. The maximum Gasteiger partial charge on any atom is 0.247 e. The molecule has 1 aromatic carbocycles. The first-order chi connectivity index (χ1) is 15.7. The zero-order valence-electron chi connectivity index (χ0n) is 20.1. The predicted octanol–water partition coefficient (Wildman–Crippen LogP) is 2.87. The average Bonchev–Trinajstić information content (AvgIpc) is 3.59. The van der Waals surface area contributed by atoms with Gasteiger partial charge < -0.3 is 14.7 Å². The molecule has 1 aromatic rings. The lowest BCUT2D eigenvalue weighted by Gasteiger charge is -2.37. The van der Waals surface area contributed by atoms with E-state index >= 15 is 0 Å². The normalized spacial score (nSPS) is 23.2. The number of ether oxygens (including phenoxy) is 1. The quantitative estimate of drug-likeness (QED) is 0.612. The van der Waals surface area contributed by atoms with Crippen molar-refractivity contribution >= 4 is 15.9 Å². The Morgan fingerprint density at radius 1 is 1.36 bits per heavy atom. The van der Waals surface area contributed by atoms with E-state index in [1.807, 2.05) is 6.92 Å². The van der Waals surface area contributed by atoms with Crippen LogP contribution in [0.25, 0.3) is 0 Å². The number of sulfonamides is 1. The van der Waals surface area contributed by atoms with Crippen LogP contribution in [0.15, 0.2) is 23.1 Å². The van der Waals surface area contributed by atoms with E-state index < -0.39 is 22.2 Å². The van der Waals surface area contributed by atoms with Crippen molar-refractivity contribution in [2.45, 2.75) is 69.9 Å². The second-order valence-electron chi connectivity index (χ2n) is 9.37. The summed E-state index contributed by atoms with van der Waals surface area (Å²) in [6.45, 7) is 5.93. The molecule has 0 unspecified atom stereocenters. The van der Waals surface area contributed by atoms with Gasteiger partial charge in [-0.1, -0.05) is 25.7 Å². The topological polar surface area (TPSA) is 87.2 Å². The number of hydrogen-bond acceptors (Lipinski definition) is 5. The summed E-state index contributed by atoms with van der Waals surface area (Å²) in [7, 11) is -2.11. The third-order valence-corrected chi connectivity index (χ3v) is 8.33. The van der Waals surface area contributed by atoms with Crippen LogP contribution >= 0.6 is 0 Å². The lowest BCUT2D eigenvalue weighted by Crippen LogP contribution is -2.50. The summed E-state index contributed by atoms with van der Waals surface area (Å²) in [5, 5.41) is 9.75. The van der Waals surface area contributed by atoms with Crippen LogP contribution in [0.3, 0.4) is 0 Å². The summed E-state index contributed by atoms with van der Waals surface area (Å²) in [4.78, 5) is 14.4. The molecule has 7 nitrogen and oxygen atoms in total. The molecule has 1 saturated carbocycles. The number of benzene rings is 1. The van der Waals surface area contributed by atoms with Gasteiger partial charge in [-0.3, -0.25) is 4.79 Å². The summed E-state index contributed by atoms with van der Waals surface area (Å²) < 4.78 is 34.6. The highest BCUT2D eigenvalue weighted by Crippen LogP contribution is 2.35. The van der Waals surface area contributed by atoms with E-state index in [2.05, 4.69) is 18.8 Å². The Morgan fingerprint density at radius 2 is 2.09 bits per heavy atom. The van der Waals surface area contributed by atoms with Crippen molar-refractivity contribution in [3.8, 4) is 17.6 Å². The van der Waals surface area contributed by atoms with E-state index in [9.17, 15) is 18.3 Å². The van der Waals surface area contributed by atoms with Gasteiger partial charge in [-0.2, -0.15) is 4.31 Å². The SMILES string of the molecule is CCCC#Cc1ccc2c(c1)O[C@@H](CN(C)C(=O)CC1CC1)[C@H](C)CN([C@H](C)CO)S2(=O)=O. The fourth-order valence-corrected chi connectivity index (χ4v) is 5.73. The van der Waals surface area contributed by atoms with Crippen LogP contribution in [-0.4, -0.2) is 67.5 Å². The molecular weight excluding hydrogens is 440 g/mol. The molecule has 182 valence electrons. The highest BCUT2D eigenvalue weighted by molar-refractivity contribution is 7.89.